The van der Waals surface area contributed by atoms with Gasteiger partial charge in [-0.15, -0.1) is 0 Å². The SMILES string of the molecule is CCCNCc1cc(Cl)ccc1N1CCC(O)C(C)C1. The molecule has 2 unspecified atom stereocenters. The molecule has 3 nitrogen and oxygen atoms in total. The van der Waals surface area contributed by atoms with Crippen molar-refractivity contribution in [3.05, 3.63) is 28.8 Å². The molecule has 1 fully saturated rings. The van der Waals surface area contributed by atoms with Gasteiger partial charge in [-0.2, -0.15) is 0 Å². The van der Waals surface area contributed by atoms with Crippen LogP contribution in [0.5, 0.6) is 0 Å². The summed E-state index contributed by atoms with van der Waals surface area (Å²) in [6, 6.07) is 6.11. The average molecular weight is 297 g/mol. The highest BCUT2D eigenvalue weighted by Gasteiger charge is 2.25. The number of hydrogen-bond donors (Lipinski definition) is 2. The number of anilines is 1. The number of aliphatic hydroxyl groups is 1. The first-order valence-electron chi connectivity index (χ1n) is 7.54. The third kappa shape index (κ3) is 3.87. The molecular weight excluding hydrogens is 272 g/mol. The fourth-order valence-electron chi connectivity index (χ4n) is 2.76. The van der Waals surface area contributed by atoms with Gasteiger partial charge < -0.3 is 15.3 Å². The summed E-state index contributed by atoms with van der Waals surface area (Å²) in [6.45, 7) is 7.96. The summed E-state index contributed by atoms with van der Waals surface area (Å²) in [5.74, 6) is 0.316. The van der Waals surface area contributed by atoms with E-state index in [9.17, 15) is 5.11 Å². The third-order valence-electron chi connectivity index (χ3n) is 3.98. The van der Waals surface area contributed by atoms with Crippen LogP contribution in [0.4, 0.5) is 5.69 Å². The standard InChI is InChI=1S/C16H25ClN2O/c1-3-7-18-10-13-9-14(17)4-5-15(13)19-8-6-16(20)12(2)11-19/h4-5,9,12,16,18,20H,3,6-8,10-11H2,1-2H3. The minimum atomic E-state index is -0.166. The molecule has 0 amide bonds. The van der Waals surface area contributed by atoms with Gasteiger partial charge in [-0.25, -0.2) is 0 Å². The number of benzene rings is 1. The van der Waals surface area contributed by atoms with E-state index in [1.807, 2.05) is 6.07 Å². The van der Waals surface area contributed by atoms with Crippen molar-refractivity contribution in [2.45, 2.75) is 39.3 Å². The molecule has 1 aromatic carbocycles. The molecule has 0 aromatic heterocycles. The van der Waals surface area contributed by atoms with Gasteiger partial charge in [0, 0.05) is 30.3 Å². The van der Waals surface area contributed by atoms with Crippen LogP contribution in [0, 0.1) is 5.92 Å². The van der Waals surface area contributed by atoms with Gasteiger partial charge in [0.2, 0.25) is 0 Å². The molecule has 2 N–H and O–H groups in total. The minimum absolute atomic E-state index is 0.166. The molecule has 0 bridgehead atoms. The van der Waals surface area contributed by atoms with Crippen molar-refractivity contribution in [2.75, 3.05) is 24.5 Å². The van der Waals surface area contributed by atoms with E-state index in [1.54, 1.807) is 0 Å². The lowest BCUT2D eigenvalue weighted by Gasteiger charge is -2.37. The quantitative estimate of drug-likeness (QED) is 0.820. The second kappa shape index (κ2) is 7.30. The molecule has 0 saturated carbocycles. The number of nitrogens with zero attached hydrogens (tertiary/aromatic N) is 1. The van der Waals surface area contributed by atoms with Crippen molar-refractivity contribution in [1.29, 1.82) is 0 Å². The van der Waals surface area contributed by atoms with Crippen molar-refractivity contribution in [3.63, 3.8) is 0 Å². The van der Waals surface area contributed by atoms with E-state index in [0.29, 0.717) is 5.92 Å². The Kier molecular flexibility index (Phi) is 5.70. The predicted octanol–water partition coefficient (Wildman–Crippen LogP) is 3.05. The molecule has 0 spiro atoms. The molecule has 112 valence electrons. The highest BCUT2D eigenvalue weighted by molar-refractivity contribution is 6.30. The Morgan fingerprint density at radius 2 is 2.25 bits per heavy atom. The summed E-state index contributed by atoms with van der Waals surface area (Å²) in [6.07, 6.45) is 1.80. The maximum absolute atomic E-state index is 9.87. The number of piperidine rings is 1. The van der Waals surface area contributed by atoms with Gasteiger partial charge in [0.25, 0.3) is 0 Å². The van der Waals surface area contributed by atoms with Crippen LogP contribution < -0.4 is 10.2 Å². The second-order valence-corrected chi connectivity index (χ2v) is 6.17. The lowest BCUT2D eigenvalue weighted by molar-refractivity contribution is 0.0970. The zero-order chi connectivity index (χ0) is 14.5. The van der Waals surface area contributed by atoms with Gasteiger partial charge in [0.15, 0.2) is 0 Å². The predicted molar refractivity (Wildman–Crippen MR) is 85.5 cm³/mol. The first-order chi connectivity index (χ1) is 9.61. The van der Waals surface area contributed by atoms with Gasteiger partial charge >= 0.3 is 0 Å². The van der Waals surface area contributed by atoms with E-state index >= 15 is 0 Å². The van der Waals surface area contributed by atoms with E-state index in [0.717, 1.165) is 44.0 Å². The lowest BCUT2D eigenvalue weighted by atomic mass is 9.95. The van der Waals surface area contributed by atoms with Crippen LogP contribution in [-0.2, 0) is 6.54 Å². The van der Waals surface area contributed by atoms with Gasteiger partial charge in [-0.3, -0.25) is 0 Å². The monoisotopic (exact) mass is 296 g/mol. The average Bonchev–Trinajstić information content (AvgIpc) is 2.43. The Labute approximate surface area is 126 Å². The largest absolute Gasteiger partial charge is 0.393 e. The molecule has 1 aliphatic heterocycles. The summed E-state index contributed by atoms with van der Waals surface area (Å²) in [5.41, 5.74) is 2.49. The van der Waals surface area contributed by atoms with Crippen LogP contribution in [0.1, 0.15) is 32.3 Å². The first-order valence-corrected chi connectivity index (χ1v) is 7.91. The smallest absolute Gasteiger partial charge is 0.0599 e. The molecule has 0 radical (unpaired) electrons. The van der Waals surface area contributed by atoms with Crippen molar-refractivity contribution >= 4 is 17.3 Å². The molecule has 1 aromatic rings. The first kappa shape index (κ1) is 15.6. The Hall–Kier alpha value is -0.770. The fraction of sp³-hybridized carbons (Fsp3) is 0.625. The summed E-state index contributed by atoms with van der Waals surface area (Å²) < 4.78 is 0. The molecule has 4 heteroatoms. The van der Waals surface area contributed by atoms with E-state index in [2.05, 4.69) is 36.2 Å². The number of aliphatic hydroxyl groups excluding tert-OH is 1. The molecule has 20 heavy (non-hydrogen) atoms. The van der Waals surface area contributed by atoms with Gasteiger partial charge in [0.05, 0.1) is 6.10 Å². The Morgan fingerprint density at radius 3 is 2.95 bits per heavy atom. The van der Waals surface area contributed by atoms with E-state index in [-0.39, 0.29) is 6.10 Å². The molecule has 2 rings (SSSR count). The van der Waals surface area contributed by atoms with E-state index in [4.69, 9.17) is 11.6 Å². The number of rotatable bonds is 5. The van der Waals surface area contributed by atoms with Crippen LogP contribution in [0.3, 0.4) is 0 Å². The van der Waals surface area contributed by atoms with Crippen LogP contribution in [0.2, 0.25) is 5.02 Å². The lowest BCUT2D eigenvalue weighted by Crippen LogP contribution is -2.42. The maximum atomic E-state index is 9.87. The van der Waals surface area contributed by atoms with Crippen LogP contribution >= 0.6 is 11.6 Å². The molecule has 2 atom stereocenters. The summed E-state index contributed by atoms with van der Waals surface area (Å²) in [5, 5.41) is 14.1. The van der Waals surface area contributed by atoms with Crippen molar-refractivity contribution in [2.24, 2.45) is 5.92 Å². The second-order valence-electron chi connectivity index (χ2n) is 5.73. The molecule has 1 heterocycles. The molecular formula is C16H25ClN2O. The maximum Gasteiger partial charge on any atom is 0.0599 e. The molecule has 1 aliphatic rings. The summed E-state index contributed by atoms with van der Waals surface area (Å²) in [7, 11) is 0. The fourth-order valence-corrected chi connectivity index (χ4v) is 2.95. The Balaban J connectivity index is 2.13. The van der Waals surface area contributed by atoms with Crippen molar-refractivity contribution in [3.8, 4) is 0 Å². The number of nitrogens with one attached hydrogen (secondary N) is 1. The van der Waals surface area contributed by atoms with E-state index < -0.39 is 0 Å². The molecule has 0 aliphatic carbocycles. The van der Waals surface area contributed by atoms with Gasteiger partial charge in [0.1, 0.15) is 0 Å². The van der Waals surface area contributed by atoms with Gasteiger partial charge in [-0.1, -0.05) is 25.4 Å². The zero-order valence-corrected chi connectivity index (χ0v) is 13.2. The zero-order valence-electron chi connectivity index (χ0n) is 12.4. The molecule has 1 saturated heterocycles. The van der Waals surface area contributed by atoms with Crippen LogP contribution in [0.25, 0.3) is 0 Å². The van der Waals surface area contributed by atoms with Crippen molar-refractivity contribution in [1.82, 2.24) is 5.32 Å². The van der Waals surface area contributed by atoms with Crippen LogP contribution in [-0.4, -0.2) is 30.8 Å². The van der Waals surface area contributed by atoms with Crippen LogP contribution in [0.15, 0.2) is 18.2 Å². The summed E-state index contributed by atoms with van der Waals surface area (Å²) in [4.78, 5) is 2.37. The normalized spacial score (nSPS) is 23.1. The number of hydrogen-bond acceptors (Lipinski definition) is 3. The topological polar surface area (TPSA) is 35.5 Å². The number of halogens is 1. The highest BCUT2D eigenvalue weighted by Crippen LogP contribution is 2.28. The summed E-state index contributed by atoms with van der Waals surface area (Å²) >= 11 is 6.13. The van der Waals surface area contributed by atoms with E-state index in [1.165, 1.54) is 11.3 Å². The Bertz CT molecular complexity index is 438. The van der Waals surface area contributed by atoms with Gasteiger partial charge in [-0.05, 0) is 49.1 Å². The van der Waals surface area contributed by atoms with Crippen molar-refractivity contribution < 1.29 is 5.11 Å². The minimum Gasteiger partial charge on any atom is -0.393 e. The Morgan fingerprint density at radius 1 is 1.45 bits per heavy atom. The third-order valence-corrected chi connectivity index (χ3v) is 4.22. The highest BCUT2D eigenvalue weighted by atomic mass is 35.5.